The van der Waals surface area contributed by atoms with E-state index in [9.17, 15) is 4.39 Å². The predicted octanol–water partition coefficient (Wildman–Crippen LogP) is 5.01. The third-order valence-electron chi connectivity index (χ3n) is 5.71. The molecule has 4 aromatic rings. The fraction of sp³-hybridized carbons (Fsp3) is 0.192. The number of rotatable bonds is 7. The molecule has 5 rings (SSSR count). The van der Waals surface area contributed by atoms with Gasteiger partial charge in [-0.05, 0) is 36.4 Å². The summed E-state index contributed by atoms with van der Waals surface area (Å²) in [7, 11) is 0. The van der Waals surface area contributed by atoms with Crippen LogP contribution in [0, 0.1) is 5.82 Å². The van der Waals surface area contributed by atoms with Crippen LogP contribution in [0.25, 0.3) is 22.2 Å². The molecular formula is C26H25FN6O. The SMILES string of the molecule is C=CCNc1cc2c(Nc3ccnc(-c4ccccc4F)c3)ncnc2cc1N1CCOCC1. The largest absolute Gasteiger partial charge is 0.380 e. The number of aromatic nitrogens is 3. The molecule has 2 N–H and O–H groups in total. The van der Waals surface area contributed by atoms with Crippen LogP contribution in [0.5, 0.6) is 0 Å². The van der Waals surface area contributed by atoms with Crippen LogP contribution < -0.4 is 15.5 Å². The van der Waals surface area contributed by atoms with Gasteiger partial charge in [0.1, 0.15) is 18.0 Å². The number of pyridine rings is 1. The first-order valence-corrected chi connectivity index (χ1v) is 11.2. The van der Waals surface area contributed by atoms with Crippen molar-refractivity contribution in [1.29, 1.82) is 0 Å². The minimum absolute atomic E-state index is 0.312. The minimum Gasteiger partial charge on any atom is -0.380 e. The molecule has 7 nitrogen and oxygen atoms in total. The Hall–Kier alpha value is -4.04. The maximum atomic E-state index is 14.3. The van der Waals surface area contributed by atoms with E-state index in [1.54, 1.807) is 30.7 Å². The second kappa shape index (κ2) is 9.84. The molecule has 1 saturated heterocycles. The van der Waals surface area contributed by atoms with Crippen LogP contribution >= 0.6 is 0 Å². The van der Waals surface area contributed by atoms with Gasteiger partial charge in [0.25, 0.3) is 0 Å². The van der Waals surface area contributed by atoms with E-state index in [4.69, 9.17) is 4.74 Å². The quantitative estimate of drug-likeness (QED) is 0.379. The lowest BCUT2D eigenvalue weighted by atomic mass is 10.1. The van der Waals surface area contributed by atoms with Crippen LogP contribution in [0.1, 0.15) is 0 Å². The first kappa shape index (κ1) is 21.8. The van der Waals surface area contributed by atoms with E-state index in [1.807, 2.05) is 18.2 Å². The van der Waals surface area contributed by atoms with Gasteiger partial charge in [-0.15, -0.1) is 6.58 Å². The molecule has 0 bridgehead atoms. The Morgan fingerprint density at radius 1 is 1.06 bits per heavy atom. The lowest BCUT2D eigenvalue weighted by Crippen LogP contribution is -2.36. The number of hydrogen-bond donors (Lipinski definition) is 2. The molecule has 3 heterocycles. The molecule has 1 fully saturated rings. The molecule has 2 aromatic carbocycles. The van der Waals surface area contributed by atoms with Crippen molar-refractivity contribution in [1.82, 2.24) is 15.0 Å². The van der Waals surface area contributed by atoms with Crippen LogP contribution in [0.3, 0.4) is 0 Å². The van der Waals surface area contributed by atoms with Crippen molar-refractivity contribution in [2.75, 3.05) is 48.4 Å². The average Bonchev–Trinajstić information content (AvgIpc) is 2.88. The molecule has 0 radical (unpaired) electrons. The van der Waals surface area contributed by atoms with Crippen LogP contribution in [0.2, 0.25) is 0 Å². The van der Waals surface area contributed by atoms with Gasteiger partial charge in [0.2, 0.25) is 0 Å². The van der Waals surface area contributed by atoms with E-state index in [1.165, 1.54) is 6.07 Å². The van der Waals surface area contributed by atoms with Gasteiger partial charge in [-0.3, -0.25) is 4.98 Å². The van der Waals surface area contributed by atoms with Crippen LogP contribution in [0.4, 0.5) is 27.3 Å². The third-order valence-corrected chi connectivity index (χ3v) is 5.71. The van der Waals surface area contributed by atoms with Crippen molar-refractivity contribution in [2.45, 2.75) is 0 Å². The zero-order valence-corrected chi connectivity index (χ0v) is 18.7. The van der Waals surface area contributed by atoms with E-state index in [0.29, 0.717) is 36.8 Å². The van der Waals surface area contributed by atoms with E-state index in [2.05, 4.69) is 49.2 Å². The number of nitrogens with one attached hydrogen (secondary N) is 2. The second-order valence-electron chi connectivity index (χ2n) is 7.91. The summed E-state index contributed by atoms with van der Waals surface area (Å²) >= 11 is 0. The van der Waals surface area contributed by atoms with Gasteiger partial charge in [0.15, 0.2) is 0 Å². The lowest BCUT2D eigenvalue weighted by molar-refractivity contribution is 0.123. The number of morpholine rings is 1. The van der Waals surface area contributed by atoms with E-state index in [-0.39, 0.29) is 5.82 Å². The van der Waals surface area contributed by atoms with Crippen LogP contribution in [-0.2, 0) is 4.74 Å². The van der Waals surface area contributed by atoms with Gasteiger partial charge >= 0.3 is 0 Å². The molecule has 0 amide bonds. The predicted molar refractivity (Wildman–Crippen MR) is 134 cm³/mol. The molecule has 0 spiro atoms. The van der Waals surface area contributed by atoms with Crippen LogP contribution in [-0.4, -0.2) is 47.8 Å². The Labute approximate surface area is 197 Å². The highest BCUT2D eigenvalue weighted by Gasteiger charge is 2.18. The van der Waals surface area contributed by atoms with Gasteiger partial charge in [0, 0.05) is 42.5 Å². The number of anilines is 4. The van der Waals surface area contributed by atoms with Gasteiger partial charge in [-0.25, -0.2) is 14.4 Å². The Balaban J connectivity index is 1.52. The first-order chi connectivity index (χ1) is 16.7. The van der Waals surface area contributed by atoms with Crippen molar-refractivity contribution >= 4 is 33.8 Å². The molecule has 34 heavy (non-hydrogen) atoms. The van der Waals surface area contributed by atoms with Gasteiger partial charge in [-0.2, -0.15) is 0 Å². The van der Waals surface area contributed by atoms with E-state index >= 15 is 0 Å². The van der Waals surface area contributed by atoms with Crippen LogP contribution in [0.15, 0.2) is 73.7 Å². The summed E-state index contributed by atoms with van der Waals surface area (Å²) in [6.45, 7) is 7.49. The molecule has 8 heteroatoms. The summed E-state index contributed by atoms with van der Waals surface area (Å²) in [5.41, 5.74) is 4.63. The highest BCUT2D eigenvalue weighted by molar-refractivity contribution is 5.97. The molecule has 0 aliphatic carbocycles. The minimum atomic E-state index is -0.312. The smallest absolute Gasteiger partial charge is 0.141 e. The maximum absolute atomic E-state index is 14.3. The molecule has 1 aliphatic rings. The summed E-state index contributed by atoms with van der Waals surface area (Å²) < 4.78 is 19.8. The summed E-state index contributed by atoms with van der Waals surface area (Å²) in [5, 5.41) is 7.68. The summed E-state index contributed by atoms with van der Waals surface area (Å²) in [4.78, 5) is 15.6. The molecule has 0 saturated carbocycles. The third kappa shape index (κ3) is 4.53. The average molecular weight is 457 g/mol. The first-order valence-electron chi connectivity index (χ1n) is 11.2. The second-order valence-corrected chi connectivity index (χ2v) is 7.91. The number of hydrogen-bond acceptors (Lipinski definition) is 7. The topological polar surface area (TPSA) is 75.2 Å². The molecule has 0 atom stereocenters. The van der Waals surface area contributed by atoms with Crippen molar-refractivity contribution in [3.05, 3.63) is 79.5 Å². The van der Waals surface area contributed by atoms with E-state index < -0.39 is 0 Å². The maximum Gasteiger partial charge on any atom is 0.141 e. The molecule has 0 unspecified atom stereocenters. The fourth-order valence-electron chi connectivity index (χ4n) is 4.04. The number of halogens is 1. The number of benzene rings is 2. The summed E-state index contributed by atoms with van der Waals surface area (Å²) in [6, 6.07) is 14.4. The van der Waals surface area contributed by atoms with Crippen molar-refractivity contribution < 1.29 is 9.13 Å². The number of nitrogens with zero attached hydrogens (tertiary/aromatic N) is 4. The fourth-order valence-corrected chi connectivity index (χ4v) is 4.04. The zero-order chi connectivity index (χ0) is 23.3. The molecule has 2 aromatic heterocycles. The van der Waals surface area contributed by atoms with Crippen molar-refractivity contribution in [3.8, 4) is 11.3 Å². The summed E-state index contributed by atoms with van der Waals surface area (Å²) in [6.07, 6.45) is 5.03. The Morgan fingerprint density at radius 2 is 1.91 bits per heavy atom. The van der Waals surface area contributed by atoms with Gasteiger partial charge < -0.3 is 20.3 Å². The van der Waals surface area contributed by atoms with E-state index in [0.717, 1.165) is 41.1 Å². The normalized spacial score (nSPS) is 13.6. The Kier molecular flexibility index (Phi) is 6.31. The Bertz CT molecular complexity index is 1320. The van der Waals surface area contributed by atoms with Gasteiger partial charge in [0.05, 0.1) is 35.8 Å². The van der Waals surface area contributed by atoms with Crippen molar-refractivity contribution in [3.63, 3.8) is 0 Å². The monoisotopic (exact) mass is 456 g/mol. The molecule has 172 valence electrons. The van der Waals surface area contributed by atoms with Gasteiger partial charge in [-0.1, -0.05) is 18.2 Å². The zero-order valence-electron chi connectivity index (χ0n) is 18.7. The molecular weight excluding hydrogens is 431 g/mol. The number of fused-ring (bicyclic) bond motifs is 1. The lowest BCUT2D eigenvalue weighted by Gasteiger charge is -2.31. The highest BCUT2D eigenvalue weighted by atomic mass is 19.1. The number of ether oxygens (including phenoxy) is 1. The molecule has 1 aliphatic heterocycles. The Morgan fingerprint density at radius 3 is 2.74 bits per heavy atom. The standard InChI is InChI=1S/C26H25FN6O/c1-2-8-28-24-15-20-23(16-25(24)33-10-12-34-13-11-33)30-17-31-26(20)32-18-7-9-29-22(14-18)19-5-3-4-6-21(19)27/h2-7,9,14-17,28H,1,8,10-13H2,(H,29,30,31,32). The highest BCUT2D eigenvalue weighted by Crippen LogP contribution is 2.34. The summed E-state index contributed by atoms with van der Waals surface area (Å²) in [5.74, 6) is 0.346. The van der Waals surface area contributed by atoms with Crippen molar-refractivity contribution in [2.24, 2.45) is 0 Å².